The molecule has 24 heavy (non-hydrogen) atoms. The van der Waals surface area contributed by atoms with Crippen LogP contribution in [0.5, 0.6) is 0 Å². The molecule has 0 spiro atoms. The molecule has 0 saturated carbocycles. The van der Waals surface area contributed by atoms with Crippen LogP contribution in [0.4, 0.5) is 5.69 Å². The van der Waals surface area contributed by atoms with Crippen molar-refractivity contribution in [1.29, 1.82) is 0 Å². The minimum Gasteiger partial charge on any atom is -0.326 e. The van der Waals surface area contributed by atoms with Gasteiger partial charge in [-0.3, -0.25) is 14.2 Å². The first-order valence-corrected chi connectivity index (χ1v) is 7.93. The van der Waals surface area contributed by atoms with Gasteiger partial charge in [-0.15, -0.1) is 0 Å². The first-order chi connectivity index (χ1) is 11.6. The number of carbonyl (C=O) groups excluding carboxylic acids is 1. The van der Waals surface area contributed by atoms with Gasteiger partial charge in [0, 0.05) is 23.7 Å². The van der Waals surface area contributed by atoms with E-state index in [1.807, 2.05) is 13.0 Å². The monoisotopic (exact) mass is 341 g/mol. The molecule has 0 aliphatic rings. The van der Waals surface area contributed by atoms with Gasteiger partial charge in [0.25, 0.3) is 5.56 Å². The first-order valence-electron chi connectivity index (χ1n) is 7.55. The number of rotatable bonds is 4. The number of hydrogen-bond donors (Lipinski definition) is 1. The van der Waals surface area contributed by atoms with Crippen LogP contribution in [0, 0.1) is 6.92 Å². The lowest BCUT2D eigenvalue weighted by atomic mass is 10.2. The molecule has 1 N–H and O–H groups in total. The molecule has 6 heteroatoms. The summed E-state index contributed by atoms with van der Waals surface area (Å²) < 4.78 is 1.45. The van der Waals surface area contributed by atoms with E-state index < -0.39 is 0 Å². The number of halogens is 1. The number of fused-ring (bicyclic) bond motifs is 1. The topological polar surface area (TPSA) is 64.0 Å². The van der Waals surface area contributed by atoms with Gasteiger partial charge in [0.05, 0.1) is 17.2 Å². The maximum Gasteiger partial charge on any atom is 0.261 e. The zero-order chi connectivity index (χ0) is 17.1. The van der Waals surface area contributed by atoms with Crippen molar-refractivity contribution in [3.05, 3.63) is 69.7 Å². The molecule has 3 aromatic rings. The number of nitrogens with zero attached hydrogens (tertiary/aromatic N) is 2. The third kappa shape index (κ3) is 3.31. The Bertz CT molecular complexity index is 966. The molecule has 0 aliphatic heterocycles. The van der Waals surface area contributed by atoms with Crippen molar-refractivity contribution in [2.75, 3.05) is 5.32 Å². The maximum absolute atomic E-state index is 12.4. The van der Waals surface area contributed by atoms with Crippen molar-refractivity contribution < 1.29 is 4.79 Å². The zero-order valence-electron chi connectivity index (χ0n) is 13.1. The Morgan fingerprint density at radius 2 is 2.00 bits per heavy atom. The molecule has 122 valence electrons. The zero-order valence-corrected chi connectivity index (χ0v) is 13.9. The van der Waals surface area contributed by atoms with Gasteiger partial charge in [-0.1, -0.05) is 29.8 Å². The first kappa shape index (κ1) is 16.2. The fourth-order valence-electron chi connectivity index (χ4n) is 2.44. The van der Waals surface area contributed by atoms with Gasteiger partial charge in [-0.05, 0) is 36.8 Å². The third-order valence-electron chi connectivity index (χ3n) is 3.85. The van der Waals surface area contributed by atoms with E-state index in [1.54, 1.807) is 36.4 Å². The summed E-state index contributed by atoms with van der Waals surface area (Å²) >= 11 is 6.04. The number of para-hydroxylation sites is 1. The van der Waals surface area contributed by atoms with E-state index in [4.69, 9.17) is 11.6 Å². The van der Waals surface area contributed by atoms with Crippen LogP contribution in [-0.2, 0) is 11.3 Å². The lowest BCUT2D eigenvalue weighted by Crippen LogP contribution is -2.23. The number of aromatic nitrogens is 2. The van der Waals surface area contributed by atoms with Gasteiger partial charge in [0.2, 0.25) is 5.91 Å². The summed E-state index contributed by atoms with van der Waals surface area (Å²) in [5.74, 6) is -0.180. The molecule has 0 radical (unpaired) electrons. The van der Waals surface area contributed by atoms with Crippen molar-refractivity contribution >= 4 is 34.1 Å². The predicted octanol–water partition coefficient (Wildman–Crippen LogP) is 3.39. The molecule has 0 bridgehead atoms. The molecule has 2 aromatic carbocycles. The highest BCUT2D eigenvalue weighted by Gasteiger charge is 2.09. The Balaban J connectivity index is 1.72. The fourth-order valence-corrected chi connectivity index (χ4v) is 2.62. The van der Waals surface area contributed by atoms with E-state index in [2.05, 4.69) is 10.3 Å². The second kappa shape index (κ2) is 6.84. The van der Waals surface area contributed by atoms with E-state index in [-0.39, 0.29) is 24.4 Å². The van der Waals surface area contributed by atoms with Gasteiger partial charge in [0.1, 0.15) is 0 Å². The van der Waals surface area contributed by atoms with Crippen molar-refractivity contribution in [2.24, 2.45) is 0 Å². The van der Waals surface area contributed by atoms with Crippen LogP contribution in [0.2, 0.25) is 5.02 Å². The lowest BCUT2D eigenvalue weighted by Gasteiger charge is -2.10. The molecule has 1 aromatic heterocycles. The number of benzene rings is 2. The molecule has 3 rings (SSSR count). The average molecular weight is 342 g/mol. The predicted molar refractivity (Wildman–Crippen MR) is 95.4 cm³/mol. The summed E-state index contributed by atoms with van der Waals surface area (Å²) in [5, 5.41) is 3.97. The number of amides is 1. The van der Waals surface area contributed by atoms with Crippen LogP contribution in [-0.4, -0.2) is 15.5 Å². The maximum atomic E-state index is 12.4. The van der Waals surface area contributed by atoms with Crippen molar-refractivity contribution in [3.63, 3.8) is 0 Å². The van der Waals surface area contributed by atoms with Crippen molar-refractivity contribution in [3.8, 4) is 0 Å². The van der Waals surface area contributed by atoms with E-state index in [9.17, 15) is 9.59 Å². The highest BCUT2D eigenvalue weighted by atomic mass is 35.5. The quantitative estimate of drug-likeness (QED) is 0.791. The van der Waals surface area contributed by atoms with Crippen LogP contribution in [0.1, 0.15) is 12.0 Å². The van der Waals surface area contributed by atoms with Gasteiger partial charge in [-0.25, -0.2) is 4.98 Å². The molecule has 0 unspecified atom stereocenters. The molecular weight excluding hydrogens is 326 g/mol. The minimum absolute atomic E-state index is 0.146. The number of hydrogen-bond acceptors (Lipinski definition) is 3. The molecule has 0 saturated heterocycles. The Morgan fingerprint density at radius 1 is 1.21 bits per heavy atom. The summed E-state index contributed by atoms with van der Waals surface area (Å²) in [6.45, 7) is 2.11. The summed E-state index contributed by atoms with van der Waals surface area (Å²) in [7, 11) is 0. The smallest absolute Gasteiger partial charge is 0.261 e. The molecule has 5 nitrogen and oxygen atoms in total. The Morgan fingerprint density at radius 3 is 2.83 bits per heavy atom. The summed E-state index contributed by atoms with van der Waals surface area (Å²) in [6, 6.07) is 12.5. The summed E-state index contributed by atoms with van der Waals surface area (Å²) in [6.07, 6.45) is 1.65. The normalized spacial score (nSPS) is 10.8. The Kier molecular flexibility index (Phi) is 4.62. The molecule has 1 amide bonds. The number of nitrogens with one attached hydrogen (secondary N) is 1. The average Bonchev–Trinajstić information content (AvgIpc) is 2.59. The molecule has 0 aliphatic carbocycles. The number of carbonyl (C=O) groups is 1. The fraction of sp³-hybridized carbons (Fsp3) is 0.167. The number of aryl methyl sites for hydroxylation is 1. The van der Waals surface area contributed by atoms with Crippen LogP contribution in [0.15, 0.2) is 53.6 Å². The molecular formula is C18H16ClN3O2. The van der Waals surface area contributed by atoms with Crippen molar-refractivity contribution in [1.82, 2.24) is 9.55 Å². The molecule has 0 atom stereocenters. The van der Waals surface area contributed by atoms with Crippen LogP contribution < -0.4 is 10.9 Å². The Labute approximate surface area is 143 Å². The van der Waals surface area contributed by atoms with Gasteiger partial charge >= 0.3 is 0 Å². The van der Waals surface area contributed by atoms with Gasteiger partial charge in [-0.2, -0.15) is 0 Å². The highest BCUT2D eigenvalue weighted by Crippen LogP contribution is 2.22. The second-order valence-corrected chi connectivity index (χ2v) is 5.88. The largest absolute Gasteiger partial charge is 0.326 e. The summed E-state index contributed by atoms with van der Waals surface area (Å²) in [5.41, 5.74) is 2.00. The standard InChI is InChI=1S/C18H16ClN3O2/c1-12-14(19)6-4-8-15(12)21-17(23)9-10-22-11-20-16-7-3-2-5-13(16)18(22)24/h2-8,11H,9-10H2,1H3,(H,21,23). The van der Waals surface area contributed by atoms with E-state index in [0.717, 1.165) is 5.56 Å². The highest BCUT2D eigenvalue weighted by molar-refractivity contribution is 6.31. The van der Waals surface area contributed by atoms with Gasteiger partial charge < -0.3 is 5.32 Å². The summed E-state index contributed by atoms with van der Waals surface area (Å²) in [4.78, 5) is 28.7. The van der Waals surface area contributed by atoms with Crippen LogP contribution in [0.3, 0.4) is 0 Å². The van der Waals surface area contributed by atoms with E-state index in [0.29, 0.717) is 21.6 Å². The SMILES string of the molecule is Cc1c(Cl)cccc1NC(=O)CCn1cnc2ccccc2c1=O. The minimum atomic E-state index is -0.180. The third-order valence-corrected chi connectivity index (χ3v) is 4.26. The second-order valence-electron chi connectivity index (χ2n) is 5.47. The number of anilines is 1. The Hall–Kier alpha value is -2.66. The lowest BCUT2D eigenvalue weighted by molar-refractivity contribution is -0.116. The van der Waals surface area contributed by atoms with Gasteiger partial charge in [0.15, 0.2) is 0 Å². The van der Waals surface area contributed by atoms with Crippen LogP contribution >= 0.6 is 11.6 Å². The van der Waals surface area contributed by atoms with E-state index >= 15 is 0 Å². The van der Waals surface area contributed by atoms with Crippen LogP contribution in [0.25, 0.3) is 10.9 Å². The molecule has 0 fully saturated rings. The van der Waals surface area contributed by atoms with Crippen molar-refractivity contribution in [2.45, 2.75) is 19.9 Å². The van der Waals surface area contributed by atoms with E-state index in [1.165, 1.54) is 10.9 Å². The molecule has 1 heterocycles.